The molecule has 0 bridgehead atoms. The fourth-order valence-corrected chi connectivity index (χ4v) is 4.28. The van der Waals surface area contributed by atoms with Crippen LogP contribution in [-0.2, 0) is 0 Å². The number of anilines is 1. The second-order valence-corrected chi connectivity index (χ2v) is 6.99. The largest absolute Gasteiger partial charge is 0.493 e. The second kappa shape index (κ2) is 6.21. The molecule has 5 rings (SSSR count). The van der Waals surface area contributed by atoms with Gasteiger partial charge < -0.3 is 29.0 Å². The lowest BCUT2D eigenvalue weighted by Gasteiger charge is -2.38. The zero-order valence-electron chi connectivity index (χ0n) is 16.0. The molecule has 6 nitrogen and oxygen atoms in total. The summed E-state index contributed by atoms with van der Waals surface area (Å²) < 4.78 is 22.1. The third-order valence-electron chi connectivity index (χ3n) is 5.68. The fraction of sp³-hybridized carbons (Fsp3) is 0.273. The Balaban J connectivity index is 1.83. The summed E-state index contributed by atoms with van der Waals surface area (Å²) in [5.74, 6) is 2.82. The minimum Gasteiger partial charge on any atom is -0.493 e. The van der Waals surface area contributed by atoms with Crippen LogP contribution in [0, 0.1) is 0 Å². The van der Waals surface area contributed by atoms with Crippen molar-refractivity contribution in [2.24, 2.45) is 0 Å². The van der Waals surface area contributed by atoms with E-state index in [0.717, 1.165) is 44.6 Å². The first-order valence-corrected chi connectivity index (χ1v) is 9.12. The van der Waals surface area contributed by atoms with E-state index in [1.807, 2.05) is 31.3 Å². The van der Waals surface area contributed by atoms with Crippen molar-refractivity contribution >= 4 is 16.5 Å². The van der Waals surface area contributed by atoms with Gasteiger partial charge in [-0.1, -0.05) is 12.1 Å². The highest BCUT2D eigenvalue weighted by Gasteiger charge is 2.32. The molecule has 3 aromatic carbocycles. The molecule has 6 heteroatoms. The van der Waals surface area contributed by atoms with Gasteiger partial charge in [0.2, 0.25) is 6.79 Å². The quantitative estimate of drug-likeness (QED) is 0.748. The van der Waals surface area contributed by atoms with E-state index in [0.29, 0.717) is 11.5 Å². The standard InChI is InChI=1S/C22H21NO5/c1-23-17(10-24)16-9-19(26-3)18(25-2)8-15(16)13-5-4-12-6-20-21(28-11-27-20)7-14(12)22(13)23/h4-9,17,24H,10-11H2,1-3H3/t17-/m0/s1. The van der Waals surface area contributed by atoms with Crippen LogP contribution in [0.5, 0.6) is 23.0 Å². The van der Waals surface area contributed by atoms with Gasteiger partial charge in [-0.05, 0) is 40.8 Å². The molecule has 2 aliphatic rings. The molecule has 2 aliphatic heterocycles. The minimum absolute atomic E-state index is 0.0145. The Hall–Kier alpha value is -3.12. The number of hydrogen-bond donors (Lipinski definition) is 1. The van der Waals surface area contributed by atoms with E-state index in [1.54, 1.807) is 14.2 Å². The van der Waals surface area contributed by atoms with Crippen molar-refractivity contribution in [3.8, 4) is 34.1 Å². The summed E-state index contributed by atoms with van der Waals surface area (Å²) in [6.07, 6.45) is 0. The lowest BCUT2D eigenvalue weighted by molar-refractivity contribution is 0.174. The number of aliphatic hydroxyl groups is 1. The van der Waals surface area contributed by atoms with E-state index in [2.05, 4.69) is 17.0 Å². The summed E-state index contributed by atoms with van der Waals surface area (Å²) >= 11 is 0. The summed E-state index contributed by atoms with van der Waals surface area (Å²) in [6.45, 7) is 0.224. The Morgan fingerprint density at radius 3 is 2.43 bits per heavy atom. The van der Waals surface area contributed by atoms with E-state index in [-0.39, 0.29) is 19.4 Å². The summed E-state index contributed by atoms with van der Waals surface area (Å²) in [6, 6.07) is 12.0. The number of aliphatic hydroxyl groups excluding tert-OH is 1. The van der Waals surface area contributed by atoms with Gasteiger partial charge in [0.05, 0.1) is 32.6 Å². The molecular formula is C22H21NO5. The second-order valence-electron chi connectivity index (χ2n) is 6.99. The highest BCUT2D eigenvalue weighted by atomic mass is 16.7. The molecule has 1 atom stereocenters. The number of rotatable bonds is 3. The Kier molecular flexibility index (Phi) is 3.77. The number of nitrogens with zero attached hydrogens (tertiary/aromatic N) is 1. The number of hydrogen-bond acceptors (Lipinski definition) is 6. The molecular weight excluding hydrogens is 358 g/mol. The molecule has 0 unspecified atom stereocenters. The smallest absolute Gasteiger partial charge is 0.231 e. The monoisotopic (exact) mass is 379 g/mol. The molecule has 0 saturated heterocycles. The van der Waals surface area contributed by atoms with Gasteiger partial charge in [0.25, 0.3) is 0 Å². The third kappa shape index (κ3) is 2.24. The Bertz CT molecular complexity index is 1090. The zero-order chi connectivity index (χ0) is 19.4. The average molecular weight is 379 g/mol. The van der Waals surface area contributed by atoms with E-state index in [4.69, 9.17) is 18.9 Å². The van der Waals surface area contributed by atoms with Crippen LogP contribution in [0.25, 0.3) is 21.9 Å². The van der Waals surface area contributed by atoms with Gasteiger partial charge in [-0.15, -0.1) is 0 Å². The number of likely N-dealkylation sites (N-methyl/N-ethyl adjacent to an activating group) is 1. The SMILES string of the molecule is COc1cc2c(cc1OC)[C@H](CO)N(C)c1c-2ccc2cc3c(cc12)OCO3. The van der Waals surface area contributed by atoms with Crippen LogP contribution < -0.4 is 23.8 Å². The highest BCUT2D eigenvalue weighted by Crippen LogP contribution is 2.51. The molecule has 0 saturated carbocycles. The molecule has 3 aromatic rings. The van der Waals surface area contributed by atoms with E-state index >= 15 is 0 Å². The minimum atomic E-state index is -0.196. The summed E-state index contributed by atoms with van der Waals surface area (Å²) in [5.41, 5.74) is 4.17. The number of methoxy groups -OCH3 is 2. The molecule has 144 valence electrons. The summed E-state index contributed by atoms with van der Waals surface area (Å²) in [5, 5.41) is 12.3. The molecule has 0 spiro atoms. The Morgan fingerprint density at radius 1 is 1.00 bits per heavy atom. The van der Waals surface area contributed by atoms with Crippen LogP contribution in [0.2, 0.25) is 0 Å². The van der Waals surface area contributed by atoms with Crippen LogP contribution in [0.1, 0.15) is 11.6 Å². The van der Waals surface area contributed by atoms with Crippen molar-refractivity contribution < 1.29 is 24.1 Å². The van der Waals surface area contributed by atoms with Crippen LogP contribution in [0.4, 0.5) is 5.69 Å². The summed E-state index contributed by atoms with van der Waals surface area (Å²) in [4.78, 5) is 2.12. The van der Waals surface area contributed by atoms with Crippen LogP contribution in [0.15, 0.2) is 36.4 Å². The topological polar surface area (TPSA) is 60.4 Å². The van der Waals surface area contributed by atoms with Crippen molar-refractivity contribution in [1.82, 2.24) is 0 Å². The van der Waals surface area contributed by atoms with Gasteiger partial charge >= 0.3 is 0 Å². The number of benzene rings is 3. The lowest BCUT2D eigenvalue weighted by atomic mass is 9.86. The Morgan fingerprint density at radius 2 is 1.71 bits per heavy atom. The molecule has 28 heavy (non-hydrogen) atoms. The maximum absolute atomic E-state index is 10.2. The maximum atomic E-state index is 10.2. The molecule has 0 aliphatic carbocycles. The lowest BCUT2D eigenvalue weighted by Crippen LogP contribution is -2.31. The van der Waals surface area contributed by atoms with Gasteiger partial charge in [0, 0.05) is 18.0 Å². The first kappa shape index (κ1) is 17.0. The Labute approximate surface area is 162 Å². The van der Waals surface area contributed by atoms with E-state index in [1.165, 1.54) is 0 Å². The van der Waals surface area contributed by atoms with E-state index in [9.17, 15) is 5.11 Å². The first-order chi connectivity index (χ1) is 13.7. The van der Waals surface area contributed by atoms with Crippen LogP contribution in [-0.4, -0.2) is 39.8 Å². The van der Waals surface area contributed by atoms with Crippen LogP contribution in [0.3, 0.4) is 0 Å². The van der Waals surface area contributed by atoms with Crippen molar-refractivity contribution in [1.29, 1.82) is 0 Å². The molecule has 0 radical (unpaired) electrons. The zero-order valence-corrected chi connectivity index (χ0v) is 16.0. The predicted octanol–water partition coefficient (Wildman–Crippen LogP) is 3.74. The van der Waals surface area contributed by atoms with Crippen molar-refractivity contribution in [2.45, 2.75) is 6.04 Å². The van der Waals surface area contributed by atoms with Gasteiger partial charge in [-0.25, -0.2) is 0 Å². The van der Waals surface area contributed by atoms with E-state index < -0.39 is 0 Å². The number of ether oxygens (including phenoxy) is 4. The first-order valence-electron chi connectivity index (χ1n) is 9.12. The van der Waals surface area contributed by atoms with Gasteiger partial charge in [-0.3, -0.25) is 0 Å². The maximum Gasteiger partial charge on any atom is 0.231 e. The van der Waals surface area contributed by atoms with Crippen molar-refractivity contribution in [2.75, 3.05) is 39.6 Å². The van der Waals surface area contributed by atoms with Crippen LogP contribution >= 0.6 is 0 Å². The van der Waals surface area contributed by atoms with Gasteiger partial charge in [0.1, 0.15) is 0 Å². The number of fused-ring (bicyclic) bond motifs is 6. The molecule has 0 amide bonds. The molecule has 2 heterocycles. The average Bonchev–Trinajstić information content (AvgIpc) is 3.18. The van der Waals surface area contributed by atoms with Crippen molar-refractivity contribution in [3.63, 3.8) is 0 Å². The van der Waals surface area contributed by atoms with Gasteiger partial charge in [-0.2, -0.15) is 0 Å². The molecule has 0 fully saturated rings. The highest BCUT2D eigenvalue weighted by molar-refractivity contribution is 6.05. The predicted molar refractivity (Wildman–Crippen MR) is 107 cm³/mol. The molecule has 0 aromatic heterocycles. The van der Waals surface area contributed by atoms with Gasteiger partial charge in [0.15, 0.2) is 23.0 Å². The fourth-order valence-electron chi connectivity index (χ4n) is 4.28. The van der Waals surface area contributed by atoms with Crippen molar-refractivity contribution in [3.05, 3.63) is 42.0 Å². The molecule has 1 N–H and O–H groups in total. The summed E-state index contributed by atoms with van der Waals surface area (Å²) in [7, 11) is 5.25. The third-order valence-corrected chi connectivity index (χ3v) is 5.68. The normalized spacial score (nSPS) is 16.7.